The molecule has 0 fully saturated rings. The van der Waals surface area contributed by atoms with Crippen LogP contribution in [0.3, 0.4) is 0 Å². The lowest BCUT2D eigenvalue weighted by atomic mass is 10.0. The maximum Gasteiger partial charge on any atom is 0.336 e. The topological polar surface area (TPSA) is 105 Å². The molecule has 0 spiro atoms. The summed E-state index contributed by atoms with van der Waals surface area (Å²) in [6.07, 6.45) is 0.515. The molecule has 0 bridgehead atoms. The third kappa shape index (κ3) is 3.69. The van der Waals surface area contributed by atoms with Crippen LogP contribution in [-0.4, -0.2) is 27.1 Å². The number of nitrogens with one attached hydrogen (secondary N) is 1. The van der Waals surface area contributed by atoms with Crippen LogP contribution in [0.2, 0.25) is 0 Å². The van der Waals surface area contributed by atoms with E-state index in [1.807, 2.05) is 6.92 Å². The van der Waals surface area contributed by atoms with Gasteiger partial charge in [0.1, 0.15) is 0 Å². The fourth-order valence-electron chi connectivity index (χ4n) is 2.09. The number of benzene rings is 1. The van der Waals surface area contributed by atoms with Crippen molar-refractivity contribution in [2.75, 3.05) is 5.32 Å². The summed E-state index contributed by atoms with van der Waals surface area (Å²) in [6.45, 7) is 5.24. The molecule has 0 aliphatic carbocycles. The van der Waals surface area contributed by atoms with Crippen molar-refractivity contribution in [3.63, 3.8) is 0 Å². The minimum Gasteiger partial charge on any atom is -0.478 e. The zero-order valence-electron chi connectivity index (χ0n) is 12.6. The van der Waals surface area contributed by atoms with Crippen LogP contribution >= 0.6 is 0 Å². The number of carbonyl (C=O) groups is 2. The molecule has 2 aromatic rings. The number of carbonyl (C=O) groups excluding carboxylic acids is 1. The van der Waals surface area contributed by atoms with Crippen LogP contribution in [0, 0.1) is 20.8 Å². The molecule has 1 aromatic heterocycles. The van der Waals surface area contributed by atoms with Gasteiger partial charge in [0.2, 0.25) is 11.8 Å². The van der Waals surface area contributed by atoms with Gasteiger partial charge in [-0.3, -0.25) is 4.79 Å². The Labute approximate surface area is 127 Å². The Morgan fingerprint density at radius 1 is 1.23 bits per heavy atom. The zero-order valence-corrected chi connectivity index (χ0v) is 12.6. The van der Waals surface area contributed by atoms with Crippen LogP contribution in [0.1, 0.15) is 39.6 Å². The van der Waals surface area contributed by atoms with Gasteiger partial charge in [-0.2, -0.15) is 4.98 Å². The van der Waals surface area contributed by atoms with E-state index in [0.29, 0.717) is 29.4 Å². The molecule has 2 N–H and O–H groups in total. The summed E-state index contributed by atoms with van der Waals surface area (Å²) in [6, 6.07) is 3.21. The molecule has 1 heterocycles. The lowest BCUT2D eigenvalue weighted by Crippen LogP contribution is -2.14. The number of anilines is 1. The van der Waals surface area contributed by atoms with E-state index in [2.05, 4.69) is 15.5 Å². The molecule has 0 atom stereocenters. The number of hydrogen-bond acceptors (Lipinski definition) is 5. The molecule has 0 saturated heterocycles. The van der Waals surface area contributed by atoms with Gasteiger partial charge in [0.25, 0.3) is 0 Å². The number of nitrogens with zero attached hydrogens (tertiary/aromatic N) is 2. The Balaban J connectivity index is 2.04. The highest BCUT2D eigenvalue weighted by Crippen LogP contribution is 2.21. The molecule has 0 radical (unpaired) electrons. The van der Waals surface area contributed by atoms with Crippen molar-refractivity contribution in [3.05, 3.63) is 40.5 Å². The average molecular weight is 303 g/mol. The summed E-state index contributed by atoms with van der Waals surface area (Å²) in [5.41, 5.74) is 2.14. The van der Waals surface area contributed by atoms with Gasteiger partial charge in [0, 0.05) is 18.5 Å². The van der Waals surface area contributed by atoms with E-state index in [4.69, 9.17) is 9.63 Å². The summed E-state index contributed by atoms with van der Waals surface area (Å²) < 4.78 is 4.94. The first-order chi connectivity index (χ1) is 10.4. The molecule has 2 rings (SSSR count). The minimum absolute atomic E-state index is 0.174. The Morgan fingerprint density at radius 2 is 1.95 bits per heavy atom. The smallest absolute Gasteiger partial charge is 0.336 e. The molecular formula is C15H17N3O4. The van der Waals surface area contributed by atoms with Crippen molar-refractivity contribution < 1.29 is 19.2 Å². The minimum atomic E-state index is -1.02. The summed E-state index contributed by atoms with van der Waals surface area (Å²) >= 11 is 0. The molecule has 116 valence electrons. The molecule has 0 aliphatic rings. The van der Waals surface area contributed by atoms with Gasteiger partial charge in [-0.15, -0.1) is 0 Å². The van der Waals surface area contributed by atoms with Crippen LogP contribution in [0.25, 0.3) is 0 Å². The molecule has 0 aliphatic heterocycles. The van der Waals surface area contributed by atoms with E-state index in [-0.39, 0.29) is 17.9 Å². The zero-order chi connectivity index (χ0) is 16.3. The van der Waals surface area contributed by atoms with Crippen molar-refractivity contribution in [2.24, 2.45) is 0 Å². The largest absolute Gasteiger partial charge is 0.478 e. The number of amides is 1. The second-order valence-corrected chi connectivity index (χ2v) is 5.07. The highest BCUT2D eigenvalue weighted by atomic mass is 16.5. The fourth-order valence-corrected chi connectivity index (χ4v) is 2.09. The Bertz CT molecular complexity index is 722. The number of aromatic nitrogens is 2. The van der Waals surface area contributed by atoms with Gasteiger partial charge in [0.05, 0.1) is 5.56 Å². The molecule has 0 unspecified atom stereocenters. The average Bonchev–Trinajstić information content (AvgIpc) is 2.85. The van der Waals surface area contributed by atoms with Gasteiger partial charge in [-0.05, 0) is 38.0 Å². The number of carboxylic acids is 1. The van der Waals surface area contributed by atoms with E-state index >= 15 is 0 Å². The van der Waals surface area contributed by atoms with Crippen LogP contribution < -0.4 is 5.32 Å². The van der Waals surface area contributed by atoms with Crippen molar-refractivity contribution in [2.45, 2.75) is 33.6 Å². The Morgan fingerprint density at radius 3 is 2.55 bits per heavy atom. The van der Waals surface area contributed by atoms with Crippen molar-refractivity contribution in [3.8, 4) is 0 Å². The molecule has 0 saturated carbocycles. The van der Waals surface area contributed by atoms with Crippen LogP contribution in [0.4, 0.5) is 5.69 Å². The van der Waals surface area contributed by atoms with Gasteiger partial charge in [0.15, 0.2) is 5.82 Å². The molecular weight excluding hydrogens is 286 g/mol. The highest BCUT2D eigenvalue weighted by molar-refractivity contribution is 5.95. The number of aromatic carboxylic acids is 1. The van der Waals surface area contributed by atoms with E-state index in [1.54, 1.807) is 19.9 Å². The molecule has 22 heavy (non-hydrogen) atoms. The van der Waals surface area contributed by atoms with E-state index in [9.17, 15) is 9.59 Å². The monoisotopic (exact) mass is 303 g/mol. The lowest BCUT2D eigenvalue weighted by Gasteiger charge is -2.11. The lowest BCUT2D eigenvalue weighted by molar-refractivity contribution is -0.116. The SMILES string of the molecule is Cc1noc(CCC(=O)Nc2cc(C(=O)O)c(C)cc2C)n1. The second-order valence-electron chi connectivity index (χ2n) is 5.07. The standard InChI is InChI=1S/C15H17N3O4/c1-8-6-9(2)12(7-11(8)15(20)21)17-13(19)4-5-14-16-10(3)18-22-14/h6-7H,4-5H2,1-3H3,(H,17,19)(H,20,21). The van der Waals surface area contributed by atoms with Crippen LogP contribution in [0.15, 0.2) is 16.7 Å². The quantitative estimate of drug-likeness (QED) is 0.877. The number of carboxylic acid groups (broad SMARTS) is 1. The van der Waals surface area contributed by atoms with Crippen molar-refractivity contribution in [1.29, 1.82) is 0 Å². The van der Waals surface area contributed by atoms with Gasteiger partial charge >= 0.3 is 5.97 Å². The maximum absolute atomic E-state index is 12.0. The van der Waals surface area contributed by atoms with Gasteiger partial charge < -0.3 is 14.9 Å². The van der Waals surface area contributed by atoms with Crippen LogP contribution in [0.5, 0.6) is 0 Å². The summed E-state index contributed by atoms with van der Waals surface area (Å²) in [7, 11) is 0. The predicted molar refractivity (Wildman–Crippen MR) is 78.9 cm³/mol. The third-order valence-corrected chi connectivity index (χ3v) is 3.21. The highest BCUT2D eigenvalue weighted by Gasteiger charge is 2.13. The number of hydrogen-bond donors (Lipinski definition) is 2. The first-order valence-corrected chi connectivity index (χ1v) is 6.80. The van der Waals surface area contributed by atoms with E-state index in [0.717, 1.165) is 5.56 Å². The summed E-state index contributed by atoms with van der Waals surface area (Å²) in [5, 5.41) is 15.5. The van der Waals surface area contributed by atoms with Crippen molar-refractivity contribution in [1.82, 2.24) is 10.1 Å². The summed E-state index contributed by atoms with van der Waals surface area (Å²) in [5.74, 6) is -0.330. The molecule has 7 nitrogen and oxygen atoms in total. The molecule has 7 heteroatoms. The second kappa shape index (κ2) is 6.38. The van der Waals surface area contributed by atoms with E-state index in [1.165, 1.54) is 6.07 Å². The van der Waals surface area contributed by atoms with E-state index < -0.39 is 5.97 Å². The Hall–Kier alpha value is -2.70. The van der Waals surface area contributed by atoms with Gasteiger partial charge in [-0.25, -0.2) is 4.79 Å². The first-order valence-electron chi connectivity index (χ1n) is 6.80. The normalized spacial score (nSPS) is 10.5. The third-order valence-electron chi connectivity index (χ3n) is 3.21. The molecule has 1 aromatic carbocycles. The van der Waals surface area contributed by atoms with Gasteiger partial charge in [-0.1, -0.05) is 11.2 Å². The van der Waals surface area contributed by atoms with Crippen LogP contribution in [-0.2, 0) is 11.2 Å². The predicted octanol–water partition coefficient (Wildman–Crippen LogP) is 2.26. The number of rotatable bonds is 5. The summed E-state index contributed by atoms with van der Waals surface area (Å²) in [4.78, 5) is 27.1. The molecule has 1 amide bonds. The Kier molecular flexibility index (Phi) is 4.55. The first kappa shape index (κ1) is 15.7. The number of aryl methyl sites for hydroxylation is 4. The fraction of sp³-hybridized carbons (Fsp3) is 0.333. The van der Waals surface area contributed by atoms with Crippen molar-refractivity contribution >= 4 is 17.6 Å². The maximum atomic E-state index is 12.0.